The van der Waals surface area contributed by atoms with Crippen LogP contribution in [0.3, 0.4) is 0 Å². The Labute approximate surface area is 111 Å². The summed E-state index contributed by atoms with van der Waals surface area (Å²) in [4.78, 5) is 29.8. The summed E-state index contributed by atoms with van der Waals surface area (Å²) in [6, 6.07) is -0.690. The SMILES string of the molecule is CN1C2C(=O)NC(N)N=C2NC(C)(C)C1(C)C(N)=O. The number of amides is 2. The maximum atomic E-state index is 12.1. The van der Waals surface area contributed by atoms with Gasteiger partial charge in [-0.15, -0.1) is 0 Å². The molecule has 2 rings (SSSR count). The summed E-state index contributed by atoms with van der Waals surface area (Å²) in [6.45, 7) is 5.39. The summed E-state index contributed by atoms with van der Waals surface area (Å²) in [5, 5.41) is 5.65. The maximum absolute atomic E-state index is 12.1. The first kappa shape index (κ1) is 13.8. The number of likely N-dealkylation sites (N-methyl/N-ethyl adjacent to an activating group) is 1. The Morgan fingerprint density at radius 3 is 2.53 bits per heavy atom. The van der Waals surface area contributed by atoms with Crippen molar-refractivity contribution < 1.29 is 9.59 Å². The minimum atomic E-state index is -1.03. The molecule has 6 N–H and O–H groups in total. The molecule has 0 saturated carbocycles. The molecule has 1 fully saturated rings. The van der Waals surface area contributed by atoms with Crippen molar-refractivity contribution in [1.29, 1.82) is 0 Å². The lowest BCUT2D eigenvalue weighted by atomic mass is 9.75. The van der Waals surface area contributed by atoms with Gasteiger partial charge < -0.3 is 16.4 Å². The molecule has 0 radical (unpaired) electrons. The maximum Gasteiger partial charge on any atom is 0.247 e. The third kappa shape index (κ3) is 1.71. The molecule has 0 bridgehead atoms. The average Bonchev–Trinajstić information content (AvgIpc) is 2.23. The molecule has 2 heterocycles. The van der Waals surface area contributed by atoms with Crippen LogP contribution in [0.4, 0.5) is 0 Å². The van der Waals surface area contributed by atoms with Crippen molar-refractivity contribution in [1.82, 2.24) is 15.5 Å². The van der Waals surface area contributed by atoms with Gasteiger partial charge in [-0.2, -0.15) is 0 Å². The fourth-order valence-corrected chi connectivity index (χ4v) is 2.68. The van der Waals surface area contributed by atoms with Gasteiger partial charge in [-0.05, 0) is 27.8 Å². The first-order chi connectivity index (χ1) is 8.61. The van der Waals surface area contributed by atoms with Crippen molar-refractivity contribution in [3.63, 3.8) is 0 Å². The molecule has 19 heavy (non-hydrogen) atoms. The van der Waals surface area contributed by atoms with E-state index in [4.69, 9.17) is 11.5 Å². The van der Waals surface area contributed by atoms with Gasteiger partial charge in [0.1, 0.15) is 17.4 Å². The van der Waals surface area contributed by atoms with E-state index in [0.29, 0.717) is 5.84 Å². The van der Waals surface area contributed by atoms with E-state index in [1.54, 1.807) is 18.9 Å². The molecule has 0 aromatic heterocycles. The van der Waals surface area contributed by atoms with Gasteiger partial charge in [0.15, 0.2) is 6.29 Å². The third-order valence-corrected chi connectivity index (χ3v) is 4.31. The van der Waals surface area contributed by atoms with Crippen molar-refractivity contribution in [3.05, 3.63) is 0 Å². The molecule has 2 amide bonds. The summed E-state index contributed by atoms with van der Waals surface area (Å²) >= 11 is 0. The second-order valence-corrected chi connectivity index (χ2v) is 5.67. The van der Waals surface area contributed by atoms with Crippen LogP contribution in [0.25, 0.3) is 0 Å². The Morgan fingerprint density at radius 2 is 2.00 bits per heavy atom. The van der Waals surface area contributed by atoms with E-state index in [0.717, 1.165) is 0 Å². The number of fused-ring (bicyclic) bond motifs is 1. The Morgan fingerprint density at radius 1 is 1.42 bits per heavy atom. The predicted molar refractivity (Wildman–Crippen MR) is 69.9 cm³/mol. The van der Waals surface area contributed by atoms with Crippen LogP contribution in [-0.2, 0) is 9.59 Å². The van der Waals surface area contributed by atoms with Gasteiger partial charge in [-0.25, -0.2) is 4.99 Å². The molecular weight excluding hydrogens is 248 g/mol. The third-order valence-electron chi connectivity index (χ3n) is 4.31. The summed E-state index contributed by atoms with van der Waals surface area (Å²) in [7, 11) is 1.68. The number of rotatable bonds is 1. The van der Waals surface area contributed by atoms with E-state index in [1.165, 1.54) is 0 Å². The van der Waals surface area contributed by atoms with Crippen molar-refractivity contribution in [2.75, 3.05) is 7.05 Å². The van der Waals surface area contributed by atoms with Gasteiger partial charge in [0.25, 0.3) is 0 Å². The minimum Gasteiger partial charge on any atom is -0.368 e. The molecule has 3 atom stereocenters. The van der Waals surface area contributed by atoms with Crippen LogP contribution >= 0.6 is 0 Å². The van der Waals surface area contributed by atoms with Gasteiger partial charge in [0, 0.05) is 0 Å². The van der Waals surface area contributed by atoms with Gasteiger partial charge >= 0.3 is 0 Å². The van der Waals surface area contributed by atoms with Crippen LogP contribution in [0.2, 0.25) is 0 Å². The standard InChI is InChI=1S/C11H20N6O2/c1-10(2)11(3,8(12)19)17(4)5-6(16-10)14-9(13)15-7(5)18/h5,9H,13H2,1-4H3,(H2,12,19)(H,14,16)(H,15,18). The number of carbonyl (C=O) groups excluding carboxylic acids is 2. The number of hydrogen-bond donors (Lipinski definition) is 4. The number of primary amides is 1. The highest BCUT2D eigenvalue weighted by atomic mass is 16.2. The van der Waals surface area contributed by atoms with Gasteiger partial charge in [-0.1, -0.05) is 0 Å². The lowest BCUT2D eigenvalue weighted by molar-refractivity contribution is -0.140. The lowest BCUT2D eigenvalue weighted by Crippen LogP contribution is -2.82. The molecular formula is C11H20N6O2. The number of piperazine rings is 1. The zero-order valence-electron chi connectivity index (χ0n) is 11.5. The van der Waals surface area contributed by atoms with Gasteiger partial charge in [0.05, 0.1) is 5.54 Å². The average molecular weight is 268 g/mol. The number of nitrogens with zero attached hydrogens (tertiary/aromatic N) is 2. The molecule has 1 saturated heterocycles. The quantitative estimate of drug-likeness (QED) is 0.425. The summed E-state index contributed by atoms with van der Waals surface area (Å²) in [5.74, 6) is -0.341. The number of nitrogens with one attached hydrogen (secondary N) is 2. The molecule has 2 aliphatic rings. The number of nitrogens with two attached hydrogens (primary N) is 2. The van der Waals surface area contributed by atoms with Crippen molar-refractivity contribution in [3.8, 4) is 0 Å². The lowest BCUT2D eigenvalue weighted by Gasteiger charge is -2.56. The fourth-order valence-electron chi connectivity index (χ4n) is 2.68. The Kier molecular flexibility index (Phi) is 2.83. The second kappa shape index (κ2) is 3.91. The molecule has 8 nitrogen and oxygen atoms in total. The largest absolute Gasteiger partial charge is 0.368 e. The normalized spacial score (nSPS) is 37.7. The number of amidine groups is 1. The zero-order valence-corrected chi connectivity index (χ0v) is 11.5. The van der Waals surface area contributed by atoms with Crippen molar-refractivity contribution >= 4 is 17.6 Å². The first-order valence-electron chi connectivity index (χ1n) is 6.06. The number of carbonyl (C=O) groups is 2. The Hall–Kier alpha value is -1.67. The molecule has 0 aromatic carbocycles. The minimum absolute atomic E-state index is 0.296. The highest BCUT2D eigenvalue weighted by molar-refractivity contribution is 6.10. The monoisotopic (exact) mass is 268 g/mol. The van der Waals surface area contributed by atoms with Crippen LogP contribution in [0.1, 0.15) is 20.8 Å². The summed E-state index contributed by atoms with van der Waals surface area (Å²) in [6.07, 6.45) is -0.770. The smallest absolute Gasteiger partial charge is 0.247 e. The van der Waals surface area contributed by atoms with Gasteiger partial charge in [-0.3, -0.25) is 20.2 Å². The summed E-state index contributed by atoms with van der Waals surface area (Å²) < 4.78 is 0. The van der Waals surface area contributed by atoms with E-state index in [9.17, 15) is 9.59 Å². The summed E-state index contributed by atoms with van der Waals surface area (Å²) in [5.41, 5.74) is 9.46. The van der Waals surface area contributed by atoms with E-state index in [1.807, 2.05) is 13.8 Å². The molecule has 0 spiro atoms. The molecule has 2 aliphatic heterocycles. The van der Waals surface area contributed by atoms with E-state index >= 15 is 0 Å². The predicted octanol–water partition coefficient (Wildman–Crippen LogP) is -2.32. The topological polar surface area (TPSA) is 126 Å². The number of hydrogen-bond acceptors (Lipinski definition) is 6. The van der Waals surface area contributed by atoms with E-state index < -0.39 is 29.3 Å². The molecule has 0 aliphatic carbocycles. The van der Waals surface area contributed by atoms with Crippen LogP contribution < -0.4 is 22.1 Å². The zero-order chi connectivity index (χ0) is 14.6. The Bertz CT molecular complexity index is 474. The molecule has 3 unspecified atom stereocenters. The number of aliphatic imine (C=N–C) groups is 1. The van der Waals surface area contributed by atoms with Gasteiger partial charge in [0.2, 0.25) is 11.8 Å². The van der Waals surface area contributed by atoms with Crippen LogP contribution in [0.5, 0.6) is 0 Å². The first-order valence-corrected chi connectivity index (χ1v) is 6.06. The van der Waals surface area contributed by atoms with Crippen LogP contribution in [0, 0.1) is 0 Å². The fraction of sp³-hybridized carbons (Fsp3) is 0.727. The molecule has 0 aromatic rings. The Balaban J connectivity index is 2.53. The highest BCUT2D eigenvalue weighted by Gasteiger charge is 2.58. The van der Waals surface area contributed by atoms with Crippen molar-refractivity contribution in [2.24, 2.45) is 16.5 Å². The van der Waals surface area contributed by atoms with E-state index in [2.05, 4.69) is 15.6 Å². The second-order valence-electron chi connectivity index (χ2n) is 5.67. The van der Waals surface area contributed by atoms with Crippen LogP contribution in [-0.4, -0.2) is 53.0 Å². The molecule has 8 heteroatoms. The van der Waals surface area contributed by atoms with Crippen molar-refractivity contribution in [2.45, 2.75) is 44.2 Å². The van der Waals surface area contributed by atoms with E-state index in [-0.39, 0.29) is 5.91 Å². The van der Waals surface area contributed by atoms with Crippen LogP contribution in [0.15, 0.2) is 4.99 Å². The highest BCUT2D eigenvalue weighted by Crippen LogP contribution is 2.34. The molecule has 106 valence electrons.